The third-order valence-corrected chi connectivity index (χ3v) is 3.83. The third kappa shape index (κ3) is 4.64. The van der Waals surface area contributed by atoms with Crippen molar-refractivity contribution in [2.24, 2.45) is 0 Å². The first-order chi connectivity index (χ1) is 7.70. The van der Waals surface area contributed by atoms with Gasteiger partial charge in [0, 0.05) is 17.0 Å². The number of nitrogens with one attached hydrogen (secondary N) is 1. The van der Waals surface area contributed by atoms with Crippen LogP contribution in [0, 0.1) is 0 Å². The van der Waals surface area contributed by atoms with Crippen LogP contribution < -0.4 is 5.32 Å². The molecule has 1 atom stereocenters. The first-order valence-electron chi connectivity index (χ1n) is 6.08. The van der Waals surface area contributed by atoms with Gasteiger partial charge in [0.15, 0.2) is 0 Å². The molecular formula is C13H23NOS. The molecule has 0 aliphatic carbocycles. The molecule has 0 radical (unpaired) electrons. The quantitative estimate of drug-likeness (QED) is 0.685. The molecule has 0 aliphatic rings. The molecule has 0 spiro atoms. The minimum atomic E-state index is -0.126. The van der Waals surface area contributed by atoms with Crippen LogP contribution in [0.2, 0.25) is 0 Å². The van der Waals surface area contributed by atoms with E-state index < -0.39 is 0 Å². The van der Waals surface area contributed by atoms with Crippen LogP contribution >= 0.6 is 11.3 Å². The summed E-state index contributed by atoms with van der Waals surface area (Å²) >= 11 is 1.76. The molecule has 1 aromatic rings. The first-order valence-corrected chi connectivity index (χ1v) is 6.96. The van der Waals surface area contributed by atoms with Crippen LogP contribution in [0.15, 0.2) is 17.5 Å². The van der Waals surface area contributed by atoms with E-state index in [1.165, 1.54) is 24.1 Å². The fourth-order valence-electron chi connectivity index (χ4n) is 1.70. The Morgan fingerprint density at radius 2 is 2.25 bits per heavy atom. The van der Waals surface area contributed by atoms with E-state index in [0.29, 0.717) is 0 Å². The molecule has 0 bridgehead atoms. The van der Waals surface area contributed by atoms with Crippen molar-refractivity contribution in [3.05, 3.63) is 22.4 Å². The Morgan fingerprint density at radius 1 is 1.44 bits per heavy atom. The van der Waals surface area contributed by atoms with Crippen molar-refractivity contribution in [3.8, 4) is 0 Å². The number of aliphatic hydroxyl groups excluding tert-OH is 1. The second kappa shape index (κ2) is 7.05. The average molecular weight is 241 g/mol. The molecule has 0 saturated heterocycles. The molecule has 3 heteroatoms. The van der Waals surface area contributed by atoms with Gasteiger partial charge in [0.2, 0.25) is 0 Å². The first kappa shape index (κ1) is 13.7. The predicted octanol–water partition coefficient (Wildman–Crippen LogP) is 3.17. The van der Waals surface area contributed by atoms with Crippen molar-refractivity contribution >= 4 is 11.3 Å². The molecule has 1 unspecified atom stereocenters. The molecule has 0 fully saturated rings. The van der Waals surface area contributed by atoms with E-state index in [-0.39, 0.29) is 12.1 Å². The summed E-state index contributed by atoms with van der Waals surface area (Å²) in [5, 5.41) is 15.0. The lowest BCUT2D eigenvalue weighted by Gasteiger charge is -2.28. The number of aliphatic hydroxyl groups is 1. The standard InChI is InChI=1S/C13H23NOS/c1-3-4-5-8-13(2,11-15)14-10-12-7-6-9-16-12/h6-7,9,14-15H,3-5,8,10-11H2,1-2H3. The van der Waals surface area contributed by atoms with Gasteiger partial charge in [0.05, 0.1) is 6.61 Å². The zero-order valence-corrected chi connectivity index (χ0v) is 11.1. The average Bonchev–Trinajstić information content (AvgIpc) is 2.80. The van der Waals surface area contributed by atoms with Gasteiger partial charge in [-0.3, -0.25) is 0 Å². The molecule has 2 nitrogen and oxygen atoms in total. The van der Waals surface area contributed by atoms with Crippen molar-refractivity contribution < 1.29 is 5.11 Å². The monoisotopic (exact) mass is 241 g/mol. The highest BCUT2D eigenvalue weighted by molar-refractivity contribution is 7.09. The molecule has 2 N–H and O–H groups in total. The molecule has 0 saturated carbocycles. The number of unbranched alkanes of at least 4 members (excludes halogenated alkanes) is 2. The van der Waals surface area contributed by atoms with Crippen LogP contribution in [0.3, 0.4) is 0 Å². The number of rotatable bonds is 8. The predicted molar refractivity (Wildman–Crippen MR) is 70.8 cm³/mol. The van der Waals surface area contributed by atoms with Crippen molar-refractivity contribution in [1.82, 2.24) is 5.32 Å². The SMILES string of the molecule is CCCCCC(C)(CO)NCc1cccs1. The Balaban J connectivity index is 2.34. The Kier molecular flexibility index (Phi) is 6.03. The lowest BCUT2D eigenvalue weighted by molar-refractivity contribution is 0.161. The molecule has 1 heterocycles. The fraction of sp³-hybridized carbons (Fsp3) is 0.692. The summed E-state index contributed by atoms with van der Waals surface area (Å²) in [5.41, 5.74) is -0.126. The molecule has 1 rings (SSSR count). The van der Waals surface area contributed by atoms with Crippen LogP contribution in [-0.2, 0) is 6.54 Å². The smallest absolute Gasteiger partial charge is 0.0610 e. The lowest BCUT2D eigenvalue weighted by Crippen LogP contribution is -2.45. The number of thiophene rings is 1. The highest BCUT2D eigenvalue weighted by atomic mass is 32.1. The summed E-state index contributed by atoms with van der Waals surface area (Å²) < 4.78 is 0. The molecule has 92 valence electrons. The van der Waals surface area contributed by atoms with Crippen LogP contribution in [0.25, 0.3) is 0 Å². The minimum absolute atomic E-state index is 0.126. The van der Waals surface area contributed by atoms with Crippen molar-refractivity contribution in [1.29, 1.82) is 0 Å². The van der Waals surface area contributed by atoms with E-state index >= 15 is 0 Å². The Bertz CT molecular complexity index is 273. The van der Waals surface area contributed by atoms with E-state index in [1.54, 1.807) is 11.3 Å². The molecular weight excluding hydrogens is 218 g/mol. The minimum Gasteiger partial charge on any atom is -0.394 e. The van der Waals surface area contributed by atoms with Crippen LogP contribution in [-0.4, -0.2) is 17.3 Å². The fourth-order valence-corrected chi connectivity index (χ4v) is 2.35. The Hall–Kier alpha value is -0.380. The van der Waals surface area contributed by atoms with E-state index in [4.69, 9.17) is 0 Å². The Labute approximate surface area is 103 Å². The third-order valence-electron chi connectivity index (χ3n) is 2.95. The topological polar surface area (TPSA) is 32.3 Å². The van der Waals surface area contributed by atoms with Gasteiger partial charge in [-0.1, -0.05) is 32.3 Å². The van der Waals surface area contributed by atoms with Crippen molar-refractivity contribution in [3.63, 3.8) is 0 Å². The van der Waals surface area contributed by atoms with E-state index in [1.807, 2.05) is 0 Å². The molecule has 16 heavy (non-hydrogen) atoms. The molecule has 0 aliphatic heterocycles. The second-order valence-corrected chi connectivity index (χ2v) is 5.64. The van der Waals surface area contributed by atoms with Gasteiger partial charge in [-0.15, -0.1) is 11.3 Å². The van der Waals surface area contributed by atoms with Gasteiger partial charge in [-0.2, -0.15) is 0 Å². The maximum Gasteiger partial charge on any atom is 0.0610 e. The van der Waals surface area contributed by atoms with Crippen LogP contribution in [0.4, 0.5) is 0 Å². The Morgan fingerprint density at radius 3 is 2.81 bits per heavy atom. The van der Waals surface area contributed by atoms with Crippen molar-refractivity contribution in [2.45, 2.75) is 51.6 Å². The van der Waals surface area contributed by atoms with Gasteiger partial charge in [-0.05, 0) is 24.8 Å². The van der Waals surface area contributed by atoms with Crippen molar-refractivity contribution in [2.75, 3.05) is 6.61 Å². The summed E-state index contributed by atoms with van der Waals surface area (Å²) in [6, 6.07) is 4.19. The second-order valence-electron chi connectivity index (χ2n) is 4.61. The van der Waals surface area contributed by atoms with E-state index in [9.17, 15) is 5.11 Å². The van der Waals surface area contributed by atoms with E-state index in [0.717, 1.165) is 13.0 Å². The van der Waals surface area contributed by atoms with Crippen LogP contribution in [0.5, 0.6) is 0 Å². The normalized spacial score (nSPS) is 14.9. The van der Waals surface area contributed by atoms with E-state index in [2.05, 4.69) is 36.7 Å². The number of hydrogen-bond donors (Lipinski definition) is 2. The maximum absolute atomic E-state index is 9.45. The largest absolute Gasteiger partial charge is 0.394 e. The van der Waals surface area contributed by atoms with Gasteiger partial charge in [0.1, 0.15) is 0 Å². The zero-order valence-electron chi connectivity index (χ0n) is 10.3. The van der Waals surface area contributed by atoms with Gasteiger partial charge in [-0.25, -0.2) is 0 Å². The van der Waals surface area contributed by atoms with Gasteiger partial charge in [0.25, 0.3) is 0 Å². The van der Waals surface area contributed by atoms with Gasteiger partial charge < -0.3 is 10.4 Å². The highest BCUT2D eigenvalue weighted by Gasteiger charge is 2.21. The molecule has 0 aromatic carbocycles. The summed E-state index contributed by atoms with van der Waals surface area (Å²) in [5.74, 6) is 0. The lowest BCUT2D eigenvalue weighted by atomic mass is 9.95. The van der Waals surface area contributed by atoms with Gasteiger partial charge >= 0.3 is 0 Å². The number of hydrogen-bond acceptors (Lipinski definition) is 3. The summed E-state index contributed by atoms with van der Waals surface area (Å²) in [6.45, 7) is 5.38. The van der Waals surface area contributed by atoms with Crippen LogP contribution in [0.1, 0.15) is 44.4 Å². The highest BCUT2D eigenvalue weighted by Crippen LogP contribution is 2.16. The summed E-state index contributed by atoms with van der Waals surface area (Å²) in [6.07, 6.45) is 4.70. The molecule has 0 amide bonds. The maximum atomic E-state index is 9.45. The summed E-state index contributed by atoms with van der Waals surface area (Å²) in [7, 11) is 0. The summed E-state index contributed by atoms with van der Waals surface area (Å²) in [4.78, 5) is 1.33. The zero-order chi connectivity index (χ0) is 11.9. The molecule has 1 aromatic heterocycles.